The Hall–Kier alpha value is -3.40. The molecule has 3 aromatic carbocycles. The Bertz CT molecular complexity index is 882. The molecule has 0 saturated heterocycles. The van der Waals surface area contributed by atoms with Gasteiger partial charge in [0.2, 0.25) is 0 Å². The smallest absolute Gasteiger partial charge is 0.328 e. The van der Waals surface area contributed by atoms with Crippen molar-refractivity contribution < 1.29 is 14.3 Å². The Morgan fingerprint density at radius 2 is 1.44 bits per heavy atom. The highest BCUT2D eigenvalue weighted by Crippen LogP contribution is 2.25. The molecule has 0 heterocycles. The van der Waals surface area contributed by atoms with E-state index in [-0.39, 0.29) is 5.82 Å². The predicted molar refractivity (Wildman–Crippen MR) is 106 cm³/mol. The van der Waals surface area contributed by atoms with Gasteiger partial charge < -0.3 is 10.0 Å². The number of anilines is 1. The average Bonchev–Trinajstić information content (AvgIpc) is 2.68. The van der Waals surface area contributed by atoms with Crippen molar-refractivity contribution in [2.24, 2.45) is 0 Å². The molecule has 0 aliphatic carbocycles. The van der Waals surface area contributed by atoms with Crippen LogP contribution in [0.1, 0.15) is 16.7 Å². The SMILES string of the molecule is O=C(O)C=Cc1ccc(F)c(N(Cc2ccccc2)Cc2ccccc2)c1. The van der Waals surface area contributed by atoms with Crippen LogP contribution in [0.25, 0.3) is 6.08 Å². The minimum Gasteiger partial charge on any atom is -0.478 e. The lowest BCUT2D eigenvalue weighted by Gasteiger charge is -2.26. The van der Waals surface area contributed by atoms with Gasteiger partial charge in [-0.1, -0.05) is 66.7 Å². The van der Waals surface area contributed by atoms with Crippen LogP contribution in [0, 0.1) is 5.82 Å². The van der Waals surface area contributed by atoms with Crippen molar-refractivity contribution in [3.63, 3.8) is 0 Å². The van der Waals surface area contributed by atoms with Gasteiger partial charge in [-0.2, -0.15) is 0 Å². The summed E-state index contributed by atoms with van der Waals surface area (Å²) in [4.78, 5) is 12.7. The van der Waals surface area contributed by atoms with E-state index in [1.54, 1.807) is 12.1 Å². The number of rotatable bonds is 7. The van der Waals surface area contributed by atoms with Crippen molar-refractivity contribution in [2.75, 3.05) is 4.90 Å². The Morgan fingerprint density at radius 1 is 0.889 bits per heavy atom. The molecule has 4 heteroatoms. The number of carboxylic acids is 1. The van der Waals surface area contributed by atoms with Gasteiger partial charge in [0, 0.05) is 19.2 Å². The number of carboxylic acid groups (broad SMARTS) is 1. The fourth-order valence-electron chi connectivity index (χ4n) is 2.88. The summed E-state index contributed by atoms with van der Waals surface area (Å²) in [7, 11) is 0. The van der Waals surface area contributed by atoms with Crippen LogP contribution in [-0.4, -0.2) is 11.1 Å². The zero-order chi connectivity index (χ0) is 19.1. The van der Waals surface area contributed by atoms with Crippen LogP contribution >= 0.6 is 0 Å². The van der Waals surface area contributed by atoms with E-state index in [4.69, 9.17) is 5.11 Å². The standard InChI is InChI=1S/C23H20FNO2/c24-21-13-11-18(12-14-23(26)27)15-22(21)25(16-19-7-3-1-4-8-19)17-20-9-5-2-6-10-20/h1-15H,16-17H2,(H,26,27). The Labute approximate surface area is 158 Å². The molecule has 27 heavy (non-hydrogen) atoms. The maximum Gasteiger partial charge on any atom is 0.328 e. The number of aliphatic carboxylic acids is 1. The number of hydrogen-bond donors (Lipinski definition) is 1. The quantitative estimate of drug-likeness (QED) is 0.593. The molecular formula is C23H20FNO2. The number of carbonyl (C=O) groups is 1. The molecule has 0 aliphatic rings. The van der Waals surface area contributed by atoms with E-state index in [9.17, 15) is 9.18 Å². The molecule has 0 saturated carbocycles. The Kier molecular flexibility index (Phi) is 6.00. The second kappa shape index (κ2) is 8.81. The minimum absolute atomic E-state index is 0.339. The van der Waals surface area contributed by atoms with Crippen LogP contribution in [0.2, 0.25) is 0 Å². The lowest BCUT2D eigenvalue weighted by atomic mass is 10.1. The zero-order valence-electron chi connectivity index (χ0n) is 14.8. The molecule has 136 valence electrons. The van der Waals surface area contributed by atoms with Crippen molar-refractivity contribution in [2.45, 2.75) is 13.1 Å². The summed E-state index contributed by atoms with van der Waals surface area (Å²) in [6, 6.07) is 24.4. The van der Waals surface area contributed by atoms with Gasteiger partial charge in [0.1, 0.15) is 5.82 Å². The highest BCUT2D eigenvalue weighted by molar-refractivity contribution is 5.85. The lowest BCUT2D eigenvalue weighted by molar-refractivity contribution is -0.131. The second-order valence-electron chi connectivity index (χ2n) is 6.21. The number of benzene rings is 3. The molecule has 0 aromatic heterocycles. The summed E-state index contributed by atoms with van der Waals surface area (Å²) in [5.41, 5.74) is 3.22. The van der Waals surface area contributed by atoms with Gasteiger partial charge in [-0.05, 0) is 34.9 Å². The van der Waals surface area contributed by atoms with E-state index in [1.807, 2.05) is 65.6 Å². The van der Waals surface area contributed by atoms with E-state index in [1.165, 1.54) is 12.1 Å². The third-order valence-corrected chi connectivity index (χ3v) is 4.16. The monoisotopic (exact) mass is 361 g/mol. The maximum absolute atomic E-state index is 14.6. The molecule has 3 aromatic rings. The van der Waals surface area contributed by atoms with Gasteiger partial charge in [-0.25, -0.2) is 9.18 Å². The Balaban J connectivity index is 1.96. The fraction of sp³-hybridized carbons (Fsp3) is 0.0870. The van der Waals surface area contributed by atoms with Gasteiger partial charge in [-0.3, -0.25) is 0 Å². The summed E-state index contributed by atoms with van der Waals surface area (Å²) in [5, 5.41) is 8.83. The van der Waals surface area contributed by atoms with Crippen molar-refractivity contribution in [3.8, 4) is 0 Å². The first kappa shape index (κ1) is 18.4. The van der Waals surface area contributed by atoms with Crippen LogP contribution < -0.4 is 4.90 Å². The first-order valence-electron chi connectivity index (χ1n) is 8.65. The van der Waals surface area contributed by atoms with Gasteiger partial charge in [0.15, 0.2) is 0 Å². The van der Waals surface area contributed by atoms with Crippen LogP contribution in [0.15, 0.2) is 84.9 Å². The van der Waals surface area contributed by atoms with Gasteiger partial charge in [0.05, 0.1) is 5.69 Å². The van der Waals surface area contributed by atoms with Crippen molar-refractivity contribution in [1.82, 2.24) is 0 Å². The third-order valence-electron chi connectivity index (χ3n) is 4.16. The van der Waals surface area contributed by atoms with E-state index in [0.29, 0.717) is 24.3 Å². The van der Waals surface area contributed by atoms with E-state index in [2.05, 4.69) is 0 Å². The maximum atomic E-state index is 14.6. The Morgan fingerprint density at radius 3 is 1.96 bits per heavy atom. The highest BCUT2D eigenvalue weighted by Gasteiger charge is 2.13. The van der Waals surface area contributed by atoms with E-state index in [0.717, 1.165) is 17.2 Å². The molecule has 0 bridgehead atoms. The zero-order valence-corrected chi connectivity index (χ0v) is 14.8. The summed E-state index contributed by atoms with van der Waals surface area (Å²) in [6.45, 7) is 1.08. The first-order chi connectivity index (χ1) is 13.1. The second-order valence-corrected chi connectivity index (χ2v) is 6.21. The topological polar surface area (TPSA) is 40.5 Å². The molecule has 0 aliphatic heterocycles. The third kappa shape index (κ3) is 5.28. The molecule has 0 radical (unpaired) electrons. The van der Waals surface area contributed by atoms with Crippen molar-refractivity contribution in [1.29, 1.82) is 0 Å². The van der Waals surface area contributed by atoms with Gasteiger partial charge >= 0.3 is 5.97 Å². The molecule has 0 spiro atoms. The molecule has 0 unspecified atom stereocenters. The lowest BCUT2D eigenvalue weighted by Crippen LogP contribution is -2.23. The molecule has 0 fully saturated rings. The molecule has 3 nitrogen and oxygen atoms in total. The largest absolute Gasteiger partial charge is 0.478 e. The molecule has 0 atom stereocenters. The minimum atomic E-state index is -1.04. The van der Waals surface area contributed by atoms with Gasteiger partial charge in [-0.15, -0.1) is 0 Å². The van der Waals surface area contributed by atoms with Crippen molar-refractivity contribution in [3.05, 3.63) is 107 Å². The summed E-state index contributed by atoms with van der Waals surface area (Å²) in [6.07, 6.45) is 2.52. The predicted octanol–water partition coefficient (Wildman–Crippen LogP) is 5.13. The number of halogens is 1. The number of nitrogens with zero attached hydrogens (tertiary/aromatic N) is 1. The summed E-state index contributed by atoms with van der Waals surface area (Å²) >= 11 is 0. The fourth-order valence-corrected chi connectivity index (χ4v) is 2.88. The first-order valence-corrected chi connectivity index (χ1v) is 8.65. The van der Waals surface area contributed by atoms with Crippen LogP contribution in [0.4, 0.5) is 10.1 Å². The van der Waals surface area contributed by atoms with Gasteiger partial charge in [0.25, 0.3) is 0 Å². The van der Waals surface area contributed by atoms with Crippen molar-refractivity contribution >= 4 is 17.7 Å². The van der Waals surface area contributed by atoms with Crippen LogP contribution in [0.3, 0.4) is 0 Å². The van der Waals surface area contributed by atoms with E-state index < -0.39 is 5.97 Å². The summed E-state index contributed by atoms with van der Waals surface area (Å²) < 4.78 is 14.6. The van der Waals surface area contributed by atoms with E-state index >= 15 is 0 Å². The molecular weight excluding hydrogens is 341 g/mol. The normalized spacial score (nSPS) is 10.9. The van der Waals surface area contributed by atoms with Crippen LogP contribution in [-0.2, 0) is 17.9 Å². The average molecular weight is 361 g/mol. The molecule has 0 amide bonds. The number of hydrogen-bond acceptors (Lipinski definition) is 2. The molecule has 1 N–H and O–H groups in total. The summed E-state index contributed by atoms with van der Waals surface area (Å²) in [5.74, 6) is -1.37. The van der Waals surface area contributed by atoms with Crippen LogP contribution in [0.5, 0.6) is 0 Å². The molecule has 3 rings (SSSR count). The highest BCUT2D eigenvalue weighted by atomic mass is 19.1.